The number of nitrogens with one attached hydrogen (secondary N) is 1. The molecule has 1 heterocycles. The van der Waals surface area contributed by atoms with E-state index in [9.17, 15) is 9.59 Å². The van der Waals surface area contributed by atoms with Gasteiger partial charge in [-0.3, -0.25) is 9.59 Å². The molecule has 130 valence electrons. The number of hydrogen-bond acceptors (Lipinski definition) is 3. The normalized spacial score (nSPS) is 22.0. The Labute approximate surface area is 147 Å². The van der Waals surface area contributed by atoms with Crippen LogP contribution < -0.4 is 10.1 Å². The van der Waals surface area contributed by atoms with Gasteiger partial charge in [-0.2, -0.15) is 0 Å². The number of piperidine rings is 1. The molecule has 2 amide bonds. The molecule has 6 heteroatoms. The molecule has 1 aromatic rings. The monoisotopic (exact) mass is 350 g/mol. The first-order chi connectivity index (χ1) is 11.5. The second kappa shape index (κ2) is 6.63. The van der Waals surface area contributed by atoms with Crippen LogP contribution in [0.3, 0.4) is 0 Å². The lowest BCUT2D eigenvalue weighted by Crippen LogP contribution is -2.46. The molecular formula is C18H23ClN2O3. The first-order valence-corrected chi connectivity index (χ1v) is 8.78. The lowest BCUT2D eigenvalue weighted by Gasteiger charge is -2.33. The van der Waals surface area contributed by atoms with Crippen molar-refractivity contribution in [3.05, 3.63) is 23.2 Å². The number of benzene rings is 1. The first-order valence-electron chi connectivity index (χ1n) is 8.40. The number of likely N-dealkylation sites (tertiary alicyclic amines) is 1. The standard InChI is InChI=1S/C18H23ClN2O3/c1-12-4-3-9-21(11-12)17(23)18(7-8-18)16(22)20-13-5-6-15(24-2)14(19)10-13/h5-6,10,12H,3-4,7-9,11H2,1-2H3,(H,20,22). The Kier molecular flexibility index (Phi) is 4.72. The Morgan fingerprint density at radius 2 is 2.12 bits per heavy atom. The zero-order valence-corrected chi connectivity index (χ0v) is 14.9. The van der Waals surface area contributed by atoms with Crippen molar-refractivity contribution in [3.63, 3.8) is 0 Å². The number of hydrogen-bond donors (Lipinski definition) is 1. The second-order valence-electron chi connectivity index (χ2n) is 6.88. The van der Waals surface area contributed by atoms with Crippen LogP contribution in [0.2, 0.25) is 5.02 Å². The molecule has 1 N–H and O–H groups in total. The van der Waals surface area contributed by atoms with Gasteiger partial charge >= 0.3 is 0 Å². The highest BCUT2D eigenvalue weighted by Gasteiger charge is 2.58. The summed E-state index contributed by atoms with van der Waals surface area (Å²) >= 11 is 6.09. The summed E-state index contributed by atoms with van der Waals surface area (Å²) in [5.74, 6) is 0.800. The minimum atomic E-state index is -0.885. The smallest absolute Gasteiger partial charge is 0.240 e. The van der Waals surface area contributed by atoms with Crippen LogP contribution in [0.5, 0.6) is 5.75 Å². The summed E-state index contributed by atoms with van der Waals surface area (Å²) in [7, 11) is 1.54. The van der Waals surface area contributed by atoms with Crippen LogP contribution in [0.4, 0.5) is 5.69 Å². The third-order valence-electron chi connectivity index (χ3n) is 4.95. The van der Waals surface area contributed by atoms with Crippen LogP contribution in [0.15, 0.2) is 18.2 Å². The van der Waals surface area contributed by atoms with Crippen molar-refractivity contribution in [3.8, 4) is 5.75 Å². The maximum atomic E-state index is 12.8. The van der Waals surface area contributed by atoms with Gasteiger partial charge in [0.15, 0.2) is 0 Å². The van der Waals surface area contributed by atoms with Crippen molar-refractivity contribution in [2.75, 3.05) is 25.5 Å². The predicted octanol–water partition coefficient (Wildman–Crippen LogP) is 3.33. The highest BCUT2D eigenvalue weighted by atomic mass is 35.5. The van der Waals surface area contributed by atoms with E-state index in [-0.39, 0.29) is 11.8 Å². The minimum absolute atomic E-state index is 0.0221. The molecule has 1 unspecified atom stereocenters. The molecule has 1 aliphatic carbocycles. The van der Waals surface area contributed by atoms with E-state index in [4.69, 9.17) is 16.3 Å². The number of amides is 2. The number of ether oxygens (including phenoxy) is 1. The van der Waals surface area contributed by atoms with E-state index in [1.165, 1.54) is 7.11 Å². The van der Waals surface area contributed by atoms with Crippen LogP contribution in [-0.2, 0) is 9.59 Å². The zero-order chi connectivity index (χ0) is 17.3. The molecule has 2 aliphatic rings. The number of carbonyl (C=O) groups is 2. The quantitative estimate of drug-likeness (QED) is 0.847. The lowest BCUT2D eigenvalue weighted by molar-refractivity contribution is -0.143. The van der Waals surface area contributed by atoms with Gasteiger partial charge in [0, 0.05) is 18.8 Å². The Morgan fingerprint density at radius 3 is 2.71 bits per heavy atom. The SMILES string of the molecule is COc1ccc(NC(=O)C2(C(=O)N3CCCC(C)C3)CC2)cc1Cl. The zero-order valence-electron chi connectivity index (χ0n) is 14.1. The fourth-order valence-electron chi connectivity index (χ4n) is 3.33. The van der Waals surface area contributed by atoms with E-state index in [2.05, 4.69) is 12.2 Å². The van der Waals surface area contributed by atoms with Crippen LogP contribution in [0, 0.1) is 11.3 Å². The summed E-state index contributed by atoms with van der Waals surface area (Å²) in [5.41, 5.74) is -0.305. The van der Waals surface area contributed by atoms with Gasteiger partial charge in [-0.1, -0.05) is 18.5 Å². The van der Waals surface area contributed by atoms with Crippen LogP contribution >= 0.6 is 11.6 Å². The second-order valence-corrected chi connectivity index (χ2v) is 7.29. The Hall–Kier alpha value is -1.75. The molecule has 1 saturated heterocycles. The number of carbonyl (C=O) groups excluding carboxylic acids is 2. The van der Waals surface area contributed by atoms with Crippen molar-refractivity contribution >= 4 is 29.1 Å². The molecule has 0 bridgehead atoms. The van der Waals surface area contributed by atoms with E-state index in [1.54, 1.807) is 18.2 Å². The third-order valence-corrected chi connectivity index (χ3v) is 5.24. The molecule has 2 fully saturated rings. The van der Waals surface area contributed by atoms with Gasteiger partial charge in [0.05, 0.1) is 12.1 Å². The molecule has 0 aromatic heterocycles. The summed E-state index contributed by atoms with van der Waals surface area (Å²) in [6, 6.07) is 5.07. The van der Waals surface area contributed by atoms with Crippen LogP contribution in [-0.4, -0.2) is 36.9 Å². The summed E-state index contributed by atoms with van der Waals surface area (Å²) < 4.78 is 5.11. The molecular weight excluding hydrogens is 328 g/mol. The Balaban J connectivity index is 1.70. The Morgan fingerprint density at radius 1 is 1.38 bits per heavy atom. The number of rotatable bonds is 4. The van der Waals surface area contributed by atoms with Crippen molar-refractivity contribution in [2.24, 2.45) is 11.3 Å². The molecule has 1 atom stereocenters. The van der Waals surface area contributed by atoms with E-state index >= 15 is 0 Å². The Bertz CT molecular complexity index is 658. The van der Waals surface area contributed by atoms with E-state index in [0.717, 1.165) is 25.9 Å². The summed E-state index contributed by atoms with van der Waals surface area (Å²) in [6.45, 7) is 3.66. The number of methoxy groups -OCH3 is 1. The molecule has 5 nitrogen and oxygen atoms in total. The molecule has 1 aromatic carbocycles. The molecule has 0 radical (unpaired) electrons. The highest BCUT2D eigenvalue weighted by molar-refractivity contribution is 6.32. The average Bonchev–Trinajstić information content (AvgIpc) is 3.36. The summed E-state index contributed by atoms with van der Waals surface area (Å²) in [4.78, 5) is 27.4. The largest absolute Gasteiger partial charge is 0.495 e. The van der Waals surface area contributed by atoms with E-state index in [0.29, 0.717) is 35.2 Å². The first kappa shape index (κ1) is 17.1. The molecule has 24 heavy (non-hydrogen) atoms. The van der Waals surface area contributed by atoms with Gasteiger partial charge in [-0.25, -0.2) is 0 Å². The fourth-order valence-corrected chi connectivity index (χ4v) is 3.59. The van der Waals surface area contributed by atoms with Crippen molar-refractivity contribution in [1.29, 1.82) is 0 Å². The molecule has 3 rings (SSSR count). The molecule has 1 saturated carbocycles. The van der Waals surface area contributed by atoms with Gasteiger partial charge in [0.1, 0.15) is 11.2 Å². The van der Waals surface area contributed by atoms with Crippen molar-refractivity contribution in [1.82, 2.24) is 4.90 Å². The summed E-state index contributed by atoms with van der Waals surface area (Å²) in [6.07, 6.45) is 3.39. The molecule has 0 spiro atoms. The number of nitrogens with zero attached hydrogens (tertiary/aromatic N) is 1. The van der Waals surface area contributed by atoms with Crippen LogP contribution in [0.1, 0.15) is 32.6 Å². The highest BCUT2D eigenvalue weighted by Crippen LogP contribution is 2.48. The fraction of sp³-hybridized carbons (Fsp3) is 0.556. The van der Waals surface area contributed by atoms with E-state index in [1.807, 2.05) is 4.90 Å². The van der Waals surface area contributed by atoms with Crippen molar-refractivity contribution < 1.29 is 14.3 Å². The predicted molar refractivity (Wildman–Crippen MR) is 93.3 cm³/mol. The van der Waals surface area contributed by atoms with Gasteiger partial charge in [0.25, 0.3) is 0 Å². The van der Waals surface area contributed by atoms with Gasteiger partial charge in [-0.05, 0) is 49.8 Å². The van der Waals surface area contributed by atoms with Crippen molar-refractivity contribution in [2.45, 2.75) is 32.6 Å². The minimum Gasteiger partial charge on any atom is -0.495 e. The average molecular weight is 351 g/mol. The maximum Gasteiger partial charge on any atom is 0.240 e. The van der Waals surface area contributed by atoms with E-state index < -0.39 is 5.41 Å². The maximum absolute atomic E-state index is 12.8. The number of anilines is 1. The topological polar surface area (TPSA) is 58.6 Å². The third kappa shape index (κ3) is 3.22. The van der Waals surface area contributed by atoms with Gasteiger partial charge < -0.3 is 15.0 Å². The lowest BCUT2D eigenvalue weighted by atomic mass is 9.96. The van der Waals surface area contributed by atoms with Gasteiger partial charge in [-0.15, -0.1) is 0 Å². The van der Waals surface area contributed by atoms with Gasteiger partial charge in [0.2, 0.25) is 11.8 Å². The number of halogens is 1. The summed E-state index contributed by atoms with van der Waals surface area (Å²) in [5, 5.41) is 3.27. The van der Waals surface area contributed by atoms with Crippen LogP contribution in [0.25, 0.3) is 0 Å². The molecule has 1 aliphatic heterocycles.